The first kappa shape index (κ1) is 24.0. The van der Waals surface area contributed by atoms with Crippen LogP contribution in [-0.2, 0) is 31.8 Å². The Morgan fingerprint density at radius 2 is 2.00 bits per heavy atom. The van der Waals surface area contributed by atoms with Crippen LogP contribution in [0.2, 0.25) is 5.02 Å². The molecule has 2 saturated heterocycles. The minimum absolute atomic E-state index is 0.0607. The number of benzene rings is 2. The molecule has 0 N–H and O–H groups in total. The number of morpholine rings is 1. The van der Waals surface area contributed by atoms with Gasteiger partial charge in [-0.3, -0.25) is 0 Å². The van der Waals surface area contributed by atoms with E-state index in [9.17, 15) is 12.8 Å². The Morgan fingerprint density at radius 1 is 1.18 bits per heavy atom. The van der Waals surface area contributed by atoms with Gasteiger partial charge in [-0.15, -0.1) is 0 Å². The van der Waals surface area contributed by atoms with Gasteiger partial charge in [-0.2, -0.15) is 4.31 Å². The van der Waals surface area contributed by atoms with Gasteiger partial charge in [0.1, 0.15) is 5.82 Å². The van der Waals surface area contributed by atoms with Gasteiger partial charge in [0, 0.05) is 36.0 Å². The highest BCUT2D eigenvalue weighted by molar-refractivity contribution is 7.98. The van der Waals surface area contributed by atoms with Crippen molar-refractivity contribution in [1.29, 1.82) is 0 Å². The molecule has 0 amide bonds. The van der Waals surface area contributed by atoms with Gasteiger partial charge in [-0.05, 0) is 43.2 Å². The fourth-order valence-corrected chi connectivity index (χ4v) is 7.07. The fourth-order valence-electron chi connectivity index (χ4n) is 4.27. The minimum atomic E-state index is -3.64. The van der Waals surface area contributed by atoms with Crippen molar-refractivity contribution in [2.75, 3.05) is 32.9 Å². The number of fused-ring (bicyclic) bond motifs is 1. The van der Waals surface area contributed by atoms with E-state index >= 15 is 0 Å². The second-order valence-electron chi connectivity index (χ2n) is 8.30. The van der Waals surface area contributed by atoms with Crippen LogP contribution in [-0.4, -0.2) is 61.3 Å². The van der Waals surface area contributed by atoms with Crippen molar-refractivity contribution in [3.8, 4) is 0 Å². The molecule has 34 heavy (non-hydrogen) atoms. The van der Waals surface area contributed by atoms with Gasteiger partial charge in [0.2, 0.25) is 10.0 Å². The summed E-state index contributed by atoms with van der Waals surface area (Å²) in [4.78, 5) is 4.95. The molecular formula is C23H25ClFN3O4S2. The quantitative estimate of drug-likeness (QED) is 0.428. The number of aromatic nitrogens is 2. The Hall–Kier alpha value is -1.69. The lowest BCUT2D eigenvalue weighted by Gasteiger charge is -2.26. The summed E-state index contributed by atoms with van der Waals surface area (Å²) in [6, 6.07) is 9.67. The molecule has 7 nitrogen and oxygen atoms in total. The van der Waals surface area contributed by atoms with E-state index in [0.29, 0.717) is 59.9 Å². The van der Waals surface area contributed by atoms with Crippen LogP contribution in [0.5, 0.6) is 0 Å². The van der Waals surface area contributed by atoms with Crippen LogP contribution >= 0.6 is 23.4 Å². The van der Waals surface area contributed by atoms with Gasteiger partial charge in [0.05, 0.1) is 41.8 Å². The van der Waals surface area contributed by atoms with Crippen LogP contribution in [0.15, 0.2) is 46.5 Å². The molecule has 2 aliphatic heterocycles. The molecular weight excluding hydrogens is 501 g/mol. The normalized spacial score (nSPS) is 19.8. The Kier molecular flexibility index (Phi) is 7.15. The molecule has 1 aromatic heterocycles. The highest BCUT2D eigenvalue weighted by atomic mass is 35.5. The molecule has 3 aromatic rings. The molecule has 0 radical (unpaired) electrons. The van der Waals surface area contributed by atoms with E-state index < -0.39 is 10.0 Å². The number of thioether (sulfide) groups is 1. The molecule has 1 atom stereocenters. The van der Waals surface area contributed by atoms with E-state index in [4.69, 9.17) is 26.1 Å². The number of ether oxygens (including phenoxy) is 2. The zero-order valence-corrected chi connectivity index (χ0v) is 20.8. The van der Waals surface area contributed by atoms with Crippen LogP contribution < -0.4 is 0 Å². The molecule has 2 aromatic carbocycles. The standard InChI is InChI=1S/C23H25ClFN3O4S2/c24-19-4-1-5-20(25)18(19)15-33-23-26-21-13-17(34(29,30)27-8-11-31-12-9-27)6-7-22(21)28(23)14-16-3-2-10-32-16/h1,4-7,13,16H,2-3,8-12,14-15H2/t16-/m1/s1. The number of hydrogen-bond donors (Lipinski definition) is 0. The predicted octanol–water partition coefficient (Wildman–Crippen LogP) is 4.32. The lowest BCUT2D eigenvalue weighted by Crippen LogP contribution is -2.40. The van der Waals surface area contributed by atoms with Crippen molar-refractivity contribution in [3.63, 3.8) is 0 Å². The minimum Gasteiger partial charge on any atom is -0.379 e. The second-order valence-corrected chi connectivity index (χ2v) is 11.6. The van der Waals surface area contributed by atoms with E-state index in [-0.39, 0.29) is 16.8 Å². The monoisotopic (exact) mass is 525 g/mol. The number of halogens is 2. The van der Waals surface area contributed by atoms with E-state index in [1.54, 1.807) is 30.3 Å². The summed E-state index contributed by atoms with van der Waals surface area (Å²) in [7, 11) is -3.64. The summed E-state index contributed by atoms with van der Waals surface area (Å²) in [5.74, 6) is -0.0556. The third-order valence-corrected chi connectivity index (χ3v) is 9.36. The van der Waals surface area contributed by atoms with E-state index in [1.165, 1.54) is 22.1 Å². The zero-order chi connectivity index (χ0) is 23.7. The highest BCUT2D eigenvalue weighted by Crippen LogP contribution is 2.32. The maximum Gasteiger partial charge on any atom is 0.243 e. The van der Waals surface area contributed by atoms with Gasteiger partial charge < -0.3 is 14.0 Å². The van der Waals surface area contributed by atoms with Crippen molar-refractivity contribution < 1.29 is 22.3 Å². The Bertz CT molecular complexity index is 1270. The summed E-state index contributed by atoms with van der Waals surface area (Å²) in [6.07, 6.45) is 2.02. The molecule has 0 aliphatic carbocycles. The molecule has 2 aliphatic rings. The Labute approximate surface area is 207 Å². The summed E-state index contributed by atoms with van der Waals surface area (Å²) in [5.41, 5.74) is 1.81. The van der Waals surface area contributed by atoms with Gasteiger partial charge in [0.25, 0.3) is 0 Å². The fraction of sp³-hybridized carbons (Fsp3) is 0.435. The number of imidazole rings is 1. The van der Waals surface area contributed by atoms with Crippen LogP contribution in [0.25, 0.3) is 11.0 Å². The average Bonchev–Trinajstić information content (AvgIpc) is 3.47. The lowest BCUT2D eigenvalue weighted by atomic mass is 10.2. The topological polar surface area (TPSA) is 73.7 Å². The predicted molar refractivity (Wildman–Crippen MR) is 129 cm³/mol. The molecule has 3 heterocycles. The highest BCUT2D eigenvalue weighted by Gasteiger charge is 2.28. The van der Waals surface area contributed by atoms with Gasteiger partial charge in [0.15, 0.2) is 5.16 Å². The zero-order valence-electron chi connectivity index (χ0n) is 18.5. The SMILES string of the molecule is O=S(=O)(c1ccc2c(c1)nc(SCc1c(F)cccc1Cl)n2C[C@H]1CCCO1)N1CCOCC1. The van der Waals surface area contributed by atoms with Crippen molar-refractivity contribution >= 4 is 44.4 Å². The molecule has 0 bridgehead atoms. The summed E-state index contributed by atoms with van der Waals surface area (Å²) in [5, 5.41) is 1.04. The molecule has 2 fully saturated rings. The van der Waals surface area contributed by atoms with Crippen molar-refractivity contribution in [3.05, 3.63) is 52.8 Å². The van der Waals surface area contributed by atoms with E-state index in [0.717, 1.165) is 25.0 Å². The van der Waals surface area contributed by atoms with Crippen LogP contribution in [0.1, 0.15) is 18.4 Å². The van der Waals surface area contributed by atoms with Crippen molar-refractivity contribution in [2.24, 2.45) is 0 Å². The summed E-state index contributed by atoms with van der Waals surface area (Å²) < 4.78 is 55.2. The number of nitrogens with zero attached hydrogens (tertiary/aromatic N) is 3. The largest absolute Gasteiger partial charge is 0.379 e. The molecule has 11 heteroatoms. The third-order valence-electron chi connectivity index (χ3n) is 6.11. The van der Waals surface area contributed by atoms with Gasteiger partial charge >= 0.3 is 0 Å². The maximum absolute atomic E-state index is 14.3. The number of hydrogen-bond acceptors (Lipinski definition) is 6. The van der Waals surface area contributed by atoms with Crippen LogP contribution in [0.4, 0.5) is 4.39 Å². The van der Waals surface area contributed by atoms with Crippen molar-refractivity contribution in [2.45, 2.75) is 41.3 Å². The average molecular weight is 526 g/mol. The van der Waals surface area contributed by atoms with Crippen molar-refractivity contribution in [1.82, 2.24) is 13.9 Å². The maximum atomic E-state index is 14.3. The lowest BCUT2D eigenvalue weighted by molar-refractivity contribution is 0.0730. The van der Waals surface area contributed by atoms with Gasteiger partial charge in [-0.1, -0.05) is 29.4 Å². The number of rotatable bonds is 7. The summed E-state index contributed by atoms with van der Waals surface area (Å²) in [6.45, 7) is 2.76. The summed E-state index contributed by atoms with van der Waals surface area (Å²) >= 11 is 7.59. The first-order valence-corrected chi connectivity index (χ1v) is 14.0. The second kappa shape index (κ2) is 10.1. The molecule has 0 spiro atoms. The van der Waals surface area contributed by atoms with Crippen LogP contribution in [0, 0.1) is 5.82 Å². The molecule has 0 saturated carbocycles. The Morgan fingerprint density at radius 3 is 2.74 bits per heavy atom. The number of sulfonamides is 1. The first-order chi connectivity index (χ1) is 16.4. The molecule has 0 unspecified atom stereocenters. The van der Waals surface area contributed by atoms with Gasteiger partial charge in [-0.25, -0.2) is 17.8 Å². The van der Waals surface area contributed by atoms with E-state index in [2.05, 4.69) is 0 Å². The van der Waals surface area contributed by atoms with Crippen LogP contribution in [0.3, 0.4) is 0 Å². The third kappa shape index (κ3) is 4.84. The smallest absolute Gasteiger partial charge is 0.243 e. The first-order valence-electron chi connectivity index (χ1n) is 11.2. The molecule has 182 valence electrons. The molecule has 5 rings (SSSR count). The Balaban J connectivity index is 1.49. The van der Waals surface area contributed by atoms with E-state index in [1.807, 2.05) is 4.57 Å².